The third kappa shape index (κ3) is 4.58. The Bertz CT molecular complexity index is 1070. The molecule has 0 unspecified atom stereocenters. The van der Waals surface area contributed by atoms with Gasteiger partial charge in [0.15, 0.2) is 0 Å². The first kappa shape index (κ1) is 21.8. The third-order valence-corrected chi connectivity index (χ3v) is 7.06. The van der Waals surface area contributed by atoms with E-state index in [1.165, 1.54) is 37.1 Å². The Morgan fingerprint density at radius 1 is 0.939 bits per heavy atom. The Kier molecular flexibility index (Phi) is 6.03. The molecule has 5 rings (SSSR count). The molecule has 2 heterocycles. The van der Waals surface area contributed by atoms with Gasteiger partial charge in [-0.05, 0) is 69.1 Å². The number of fused-ring (bicyclic) bond motifs is 1. The van der Waals surface area contributed by atoms with E-state index in [-0.39, 0.29) is 17.6 Å². The van der Waals surface area contributed by atoms with Crippen molar-refractivity contribution >= 4 is 0 Å². The summed E-state index contributed by atoms with van der Waals surface area (Å²) < 4.78 is 12.5. The van der Waals surface area contributed by atoms with Crippen LogP contribution in [0.4, 0.5) is 0 Å². The number of hydrogen-bond acceptors (Lipinski definition) is 4. The van der Waals surface area contributed by atoms with Crippen molar-refractivity contribution in [3.63, 3.8) is 0 Å². The molecule has 0 radical (unpaired) electrons. The van der Waals surface area contributed by atoms with E-state index in [0.717, 1.165) is 30.2 Å². The van der Waals surface area contributed by atoms with Crippen LogP contribution < -0.4 is 9.47 Å². The molecule has 0 saturated carbocycles. The summed E-state index contributed by atoms with van der Waals surface area (Å²) in [5, 5.41) is 10.1. The van der Waals surface area contributed by atoms with E-state index in [0.29, 0.717) is 0 Å². The lowest BCUT2D eigenvalue weighted by Crippen LogP contribution is -2.43. The molecule has 4 heteroatoms. The van der Waals surface area contributed by atoms with Gasteiger partial charge in [-0.1, -0.05) is 48.5 Å². The van der Waals surface area contributed by atoms with Crippen LogP contribution in [0.1, 0.15) is 55.2 Å². The first-order valence-corrected chi connectivity index (χ1v) is 12.0. The van der Waals surface area contributed by atoms with E-state index in [4.69, 9.17) is 9.47 Å². The van der Waals surface area contributed by atoms with Gasteiger partial charge in [-0.25, -0.2) is 0 Å². The van der Waals surface area contributed by atoms with Gasteiger partial charge in [0.25, 0.3) is 0 Å². The van der Waals surface area contributed by atoms with Gasteiger partial charge in [-0.2, -0.15) is 0 Å². The number of benzene rings is 3. The molecule has 33 heavy (non-hydrogen) atoms. The number of rotatable bonds is 6. The minimum Gasteiger partial charge on any atom is -0.508 e. The monoisotopic (exact) mass is 443 g/mol. The Hall–Kier alpha value is -2.98. The van der Waals surface area contributed by atoms with E-state index < -0.39 is 5.60 Å². The van der Waals surface area contributed by atoms with Gasteiger partial charge >= 0.3 is 0 Å². The average molecular weight is 444 g/mol. The molecule has 3 aromatic carbocycles. The fraction of sp³-hybridized carbons (Fsp3) is 0.379. The van der Waals surface area contributed by atoms with Gasteiger partial charge in [0.2, 0.25) is 0 Å². The molecule has 3 aromatic rings. The van der Waals surface area contributed by atoms with E-state index in [9.17, 15) is 5.11 Å². The standard InChI is InChI=1S/C29H33NO3/c1-29(2)28(22-8-4-3-5-9-22)27(25-15-12-23(31)20-26(25)33-29)21-10-13-24(14-11-21)32-19-18-30-16-6-7-17-30/h3-5,8-15,20,27-28,31H,6-7,16-19H2,1-2H3/t27-,28-/m0/s1. The predicted molar refractivity (Wildman–Crippen MR) is 131 cm³/mol. The zero-order valence-electron chi connectivity index (χ0n) is 19.5. The van der Waals surface area contributed by atoms with Crippen molar-refractivity contribution in [2.24, 2.45) is 0 Å². The lowest BCUT2D eigenvalue weighted by Gasteiger charge is -2.45. The molecular weight excluding hydrogens is 410 g/mol. The molecule has 1 fully saturated rings. The maximum Gasteiger partial charge on any atom is 0.127 e. The van der Waals surface area contributed by atoms with Crippen LogP contribution in [0, 0.1) is 0 Å². The molecule has 0 aliphatic carbocycles. The number of phenols is 1. The van der Waals surface area contributed by atoms with Crippen LogP contribution in [0.5, 0.6) is 17.2 Å². The molecule has 4 nitrogen and oxygen atoms in total. The van der Waals surface area contributed by atoms with Crippen LogP contribution in [0.25, 0.3) is 0 Å². The SMILES string of the molecule is CC1(C)Oc2cc(O)ccc2[C@H](c2ccc(OCCN3CCCC3)cc2)[C@@H]1c1ccccc1. The summed E-state index contributed by atoms with van der Waals surface area (Å²) in [6, 6.07) is 24.6. The van der Waals surface area contributed by atoms with Crippen LogP contribution >= 0.6 is 0 Å². The van der Waals surface area contributed by atoms with Gasteiger partial charge in [0.05, 0.1) is 0 Å². The van der Waals surface area contributed by atoms with Crippen LogP contribution in [-0.2, 0) is 0 Å². The second kappa shape index (κ2) is 9.11. The number of nitrogens with zero attached hydrogens (tertiary/aromatic N) is 1. The molecule has 172 valence electrons. The summed E-state index contributed by atoms with van der Waals surface area (Å²) in [6.45, 7) is 8.37. The topological polar surface area (TPSA) is 41.9 Å². The molecule has 0 amide bonds. The highest BCUT2D eigenvalue weighted by Crippen LogP contribution is 2.53. The summed E-state index contributed by atoms with van der Waals surface area (Å²) in [7, 11) is 0. The van der Waals surface area contributed by atoms with Crippen molar-refractivity contribution in [2.75, 3.05) is 26.2 Å². The fourth-order valence-electron chi connectivity index (χ4n) is 5.49. The molecular formula is C29H33NO3. The summed E-state index contributed by atoms with van der Waals surface area (Å²) in [6.07, 6.45) is 2.61. The van der Waals surface area contributed by atoms with E-state index in [1.807, 2.05) is 6.07 Å². The highest BCUT2D eigenvalue weighted by Gasteiger charge is 2.45. The lowest BCUT2D eigenvalue weighted by molar-refractivity contribution is 0.0528. The molecule has 0 aromatic heterocycles. The highest BCUT2D eigenvalue weighted by atomic mass is 16.5. The van der Waals surface area contributed by atoms with Crippen LogP contribution in [0.2, 0.25) is 0 Å². The van der Waals surface area contributed by atoms with Crippen molar-refractivity contribution in [2.45, 2.75) is 44.1 Å². The van der Waals surface area contributed by atoms with Crippen LogP contribution in [0.15, 0.2) is 72.8 Å². The van der Waals surface area contributed by atoms with Gasteiger partial charge in [-0.15, -0.1) is 0 Å². The molecule has 0 spiro atoms. The maximum absolute atomic E-state index is 10.1. The zero-order valence-corrected chi connectivity index (χ0v) is 19.5. The zero-order chi connectivity index (χ0) is 22.8. The van der Waals surface area contributed by atoms with Gasteiger partial charge in [0.1, 0.15) is 29.5 Å². The van der Waals surface area contributed by atoms with Gasteiger partial charge < -0.3 is 14.6 Å². The fourth-order valence-corrected chi connectivity index (χ4v) is 5.49. The minimum absolute atomic E-state index is 0.102. The third-order valence-electron chi connectivity index (χ3n) is 7.06. The number of hydrogen-bond donors (Lipinski definition) is 1. The molecule has 1 saturated heterocycles. The van der Waals surface area contributed by atoms with Crippen molar-refractivity contribution in [1.82, 2.24) is 4.90 Å². The number of aromatic hydroxyl groups is 1. The van der Waals surface area contributed by atoms with Crippen molar-refractivity contribution < 1.29 is 14.6 Å². The molecule has 2 atom stereocenters. The first-order valence-electron chi connectivity index (χ1n) is 12.0. The Morgan fingerprint density at radius 3 is 2.39 bits per heavy atom. The van der Waals surface area contributed by atoms with Crippen molar-refractivity contribution in [3.05, 3.63) is 89.5 Å². The summed E-state index contributed by atoms with van der Waals surface area (Å²) in [5.41, 5.74) is 3.12. The molecule has 1 N–H and O–H groups in total. The highest BCUT2D eigenvalue weighted by molar-refractivity contribution is 5.52. The number of likely N-dealkylation sites (tertiary alicyclic amines) is 1. The Morgan fingerprint density at radius 2 is 1.67 bits per heavy atom. The van der Waals surface area contributed by atoms with Crippen LogP contribution in [0.3, 0.4) is 0 Å². The maximum atomic E-state index is 10.1. The van der Waals surface area contributed by atoms with Gasteiger partial charge in [0, 0.05) is 30.0 Å². The van der Waals surface area contributed by atoms with Crippen LogP contribution in [-0.4, -0.2) is 41.8 Å². The molecule has 2 aliphatic rings. The molecule has 0 bridgehead atoms. The summed E-state index contributed by atoms with van der Waals surface area (Å²) in [5.74, 6) is 2.11. The Labute approximate surface area is 196 Å². The van der Waals surface area contributed by atoms with Crippen molar-refractivity contribution in [3.8, 4) is 17.2 Å². The van der Waals surface area contributed by atoms with E-state index in [2.05, 4.69) is 73.3 Å². The first-order chi connectivity index (χ1) is 16.0. The predicted octanol–water partition coefficient (Wildman–Crippen LogP) is 5.95. The average Bonchev–Trinajstić information content (AvgIpc) is 3.32. The second-order valence-electron chi connectivity index (χ2n) is 9.76. The van der Waals surface area contributed by atoms with E-state index in [1.54, 1.807) is 12.1 Å². The summed E-state index contributed by atoms with van der Waals surface area (Å²) >= 11 is 0. The quantitative estimate of drug-likeness (QED) is 0.511. The number of phenolic OH excluding ortho intramolecular Hbond substituents is 1. The number of ether oxygens (including phenoxy) is 2. The summed E-state index contributed by atoms with van der Waals surface area (Å²) in [4.78, 5) is 2.47. The van der Waals surface area contributed by atoms with Crippen molar-refractivity contribution in [1.29, 1.82) is 0 Å². The van der Waals surface area contributed by atoms with E-state index >= 15 is 0 Å². The normalized spacial score (nSPS) is 21.9. The Balaban J connectivity index is 1.45. The second-order valence-corrected chi connectivity index (χ2v) is 9.76. The minimum atomic E-state index is -0.447. The smallest absolute Gasteiger partial charge is 0.127 e. The molecule has 2 aliphatic heterocycles. The lowest BCUT2D eigenvalue weighted by atomic mass is 9.68. The van der Waals surface area contributed by atoms with Gasteiger partial charge in [-0.3, -0.25) is 4.90 Å². The largest absolute Gasteiger partial charge is 0.508 e.